The normalized spacial score (nSPS) is 18.8. The van der Waals surface area contributed by atoms with E-state index in [4.69, 9.17) is 4.99 Å². The Morgan fingerprint density at radius 1 is 1.12 bits per heavy atom. The van der Waals surface area contributed by atoms with Gasteiger partial charge in [0.2, 0.25) is 0 Å². The summed E-state index contributed by atoms with van der Waals surface area (Å²) in [5.74, 6) is 0.0402. The second-order valence-corrected chi connectivity index (χ2v) is 7.64. The Labute approximate surface area is 159 Å². The molecule has 1 atom stereocenters. The molecule has 0 unspecified atom stereocenters. The third-order valence-corrected chi connectivity index (χ3v) is 5.59. The molecule has 1 aliphatic heterocycles. The van der Waals surface area contributed by atoms with Crippen molar-refractivity contribution in [1.82, 2.24) is 4.90 Å². The molecule has 0 spiro atoms. The van der Waals surface area contributed by atoms with E-state index in [9.17, 15) is 4.79 Å². The standard InChI is InChI=1S/C22H24N2OS/c1-5-17(4)24-21(25)20(14-18-9-7-6-8-16(18)3)26-22(24)23-19-12-10-15(2)11-13-19/h6-14,17H,5H2,1-4H3/b20-14+,23-22?/t17-/m1/s1. The van der Waals surface area contributed by atoms with E-state index in [2.05, 4.69) is 33.8 Å². The molecule has 3 nitrogen and oxygen atoms in total. The van der Waals surface area contributed by atoms with Crippen LogP contribution in [0, 0.1) is 13.8 Å². The van der Waals surface area contributed by atoms with Gasteiger partial charge < -0.3 is 0 Å². The first kappa shape index (κ1) is 18.5. The van der Waals surface area contributed by atoms with Gasteiger partial charge in [0, 0.05) is 6.04 Å². The van der Waals surface area contributed by atoms with Crippen molar-refractivity contribution in [2.75, 3.05) is 0 Å². The van der Waals surface area contributed by atoms with E-state index in [0.717, 1.165) is 33.3 Å². The molecule has 3 rings (SSSR count). The number of amides is 1. The SMILES string of the molecule is CC[C@@H](C)N1C(=O)/C(=C\c2ccccc2C)SC1=Nc1ccc(C)cc1. The van der Waals surface area contributed by atoms with Crippen LogP contribution in [0.25, 0.3) is 6.08 Å². The minimum absolute atomic E-state index is 0.0402. The molecular weight excluding hydrogens is 340 g/mol. The van der Waals surface area contributed by atoms with Crippen molar-refractivity contribution in [3.63, 3.8) is 0 Å². The maximum absolute atomic E-state index is 13.0. The highest BCUT2D eigenvalue weighted by molar-refractivity contribution is 8.18. The summed E-state index contributed by atoms with van der Waals surface area (Å²) in [6.07, 6.45) is 2.87. The molecule has 0 aliphatic carbocycles. The highest BCUT2D eigenvalue weighted by Crippen LogP contribution is 2.36. The van der Waals surface area contributed by atoms with E-state index in [1.165, 1.54) is 17.3 Å². The fourth-order valence-corrected chi connectivity index (χ4v) is 3.84. The number of carbonyl (C=O) groups excluding carboxylic acids is 1. The Bertz CT molecular complexity index is 868. The van der Waals surface area contributed by atoms with Gasteiger partial charge in [-0.1, -0.05) is 48.9 Å². The largest absolute Gasteiger partial charge is 0.284 e. The lowest BCUT2D eigenvalue weighted by molar-refractivity contribution is -0.123. The summed E-state index contributed by atoms with van der Waals surface area (Å²) in [5.41, 5.74) is 4.30. The van der Waals surface area contributed by atoms with Gasteiger partial charge in [-0.25, -0.2) is 4.99 Å². The molecular formula is C22H24N2OS. The molecule has 26 heavy (non-hydrogen) atoms. The van der Waals surface area contributed by atoms with E-state index in [-0.39, 0.29) is 11.9 Å². The molecule has 0 bridgehead atoms. The highest BCUT2D eigenvalue weighted by Gasteiger charge is 2.36. The molecule has 1 amide bonds. The predicted octanol–water partition coefficient (Wildman–Crippen LogP) is 5.71. The van der Waals surface area contributed by atoms with Crippen LogP contribution in [-0.4, -0.2) is 22.0 Å². The Morgan fingerprint density at radius 3 is 2.46 bits per heavy atom. The average Bonchev–Trinajstić information content (AvgIpc) is 2.93. The fourth-order valence-electron chi connectivity index (χ4n) is 2.76. The lowest BCUT2D eigenvalue weighted by Crippen LogP contribution is -2.36. The highest BCUT2D eigenvalue weighted by atomic mass is 32.2. The number of aliphatic imine (C=N–C) groups is 1. The van der Waals surface area contributed by atoms with Crippen LogP contribution in [0.15, 0.2) is 58.4 Å². The van der Waals surface area contributed by atoms with Crippen LogP contribution in [-0.2, 0) is 4.79 Å². The molecule has 134 valence electrons. The molecule has 0 saturated carbocycles. The maximum atomic E-state index is 13.0. The predicted molar refractivity (Wildman–Crippen MR) is 112 cm³/mol. The van der Waals surface area contributed by atoms with Crippen LogP contribution >= 0.6 is 11.8 Å². The zero-order valence-corrected chi connectivity index (χ0v) is 16.5. The van der Waals surface area contributed by atoms with E-state index in [1.54, 1.807) is 0 Å². The van der Waals surface area contributed by atoms with Crippen molar-refractivity contribution in [2.45, 2.75) is 40.2 Å². The minimum Gasteiger partial charge on any atom is -0.284 e. The first-order valence-electron chi connectivity index (χ1n) is 8.93. The summed E-state index contributed by atoms with van der Waals surface area (Å²) in [6.45, 7) is 8.28. The zero-order valence-electron chi connectivity index (χ0n) is 15.7. The van der Waals surface area contributed by atoms with Gasteiger partial charge in [0.05, 0.1) is 10.6 Å². The van der Waals surface area contributed by atoms with Crippen molar-refractivity contribution in [2.24, 2.45) is 4.99 Å². The Hall–Kier alpha value is -2.33. The summed E-state index contributed by atoms with van der Waals surface area (Å²) >= 11 is 1.46. The summed E-state index contributed by atoms with van der Waals surface area (Å²) < 4.78 is 0. The van der Waals surface area contributed by atoms with Gasteiger partial charge in [-0.2, -0.15) is 0 Å². The molecule has 1 fully saturated rings. The summed E-state index contributed by atoms with van der Waals surface area (Å²) in [4.78, 5) is 20.3. The first-order valence-corrected chi connectivity index (χ1v) is 9.75. The molecule has 2 aromatic carbocycles. The molecule has 4 heteroatoms. The van der Waals surface area contributed by atoms with Crippen LogP contribution in [0.1, 0.15) is 37.0 Å². The molecule has 1 saturated heterocycles. The lowest BCUT2D eigenvalue weighted by Gasteiger charge is -2.22. The third kappa shape index (κ3) is 3.91. The monoisotopic (exact) mass is 364 g/mol. The van der Waals surface area contributed by atoms with Crippen LogP contribution in [0.3, 0.4) is 0 Å². The van der Waals surface area contributed by atoms with Gasteiger partial charge >= 0.3 is 0 Å². The Morgan fingerprint density at radius 2 is 1.81 bits per heavy atom. The van der Waals surface area contributed by atoms with Crippen LogP contribution < -0.4 is 0 Å². The summed E-state index contributed by atoms with van der Waals surface area (Å²) in [6, 6.07) is 16.3. The molecule has 0 aromatic heterocycles. The van der Waals surface area contributed by atoms with Crippen molar-refractivity contribution >= 4 is 34.6 Å². The van der Waals surface area contributed by atoms with Crippen molar-refractivity contribution < 1.29 is 4.79 Å². The van der Waals surface area contributed by atoms with Gasteiger partial charge in [0.15, 0.2) is 5.17 Å². The number of aryl methyl sites for hydroxylation is 2. The van der Waals surface area contributed by atoms with E-state index in [1.807, 2.05) is 53.4 Å². The molecule has 0 radical (unpaired) electrons. The Kier molecular flexibility index (Phi) is 5.62. The average molecular weight is 365 g/mol. The van der Waals surface area contributed by atoms with Crippen LogP contribution in [0.5, 0.6) is 0 Å². The van der Waals surface area contributed by atoms with Crippen molar-refractivity contribution in [3.8, 4) is 0 Å². The first-order chi connectivity index (χ1) is 12.5. The summed E-state index contributed by atoms with van der Waals surface area (Å²) in [7, 11) is 0. The zero-order chi connectivity index (χ0) is 18.7. The second kappa shape index (κ2) is 7.92. The van der Waals surface area contributed by atoms with Gasteiger partial charge in [-0.05, 0) is 68.3 Å². The number of hydrogen-bond acceptors (Lipinski definition) is 3. The van der Waals surface area contributed by atoms with E-state index < -0.39 is 0 Å². The minimum atomic E-state index is 0.0402. The van der Waals surface area contributed by atoms with Crippen LogP contribution in [0.2, 0.25) is 0 Å². The maximum Gasteiger partial charge on any atom is 0.266 e. The van der Waals surface area contributed by atoms with Crippen molar-refractivity contribution in [1.29, 1.82) is 0 Å². The number of rotatable bonds is 4. The van der Waals surface area contributed by atoms with Gasteiger partial charge in [0.1, 0.15) is 0 Å². The lowest BCUT2D eigenvalue weighted by atomic mass is 10.1. The van der Waals surface area contributed by atoms with E-state index in [0.29, 0.717) is 0 Å². The topological polar surface area (TPSA) is 32.7 Å². The van der Waals surface area contributed by atoms with Crippen molar-refractivity contribution in [3.05, 3.63) is 70.1 Å². The number of thioether (sulfide) groups is 1. The van der Waals surface area contributed by atoms with Gasteiger partial charge in [0.25, 0.3) is 5.91 Å². The number of amidine groups is 1. The number of carbonyl (C=O) groups is 1. The fraction of sp³-hybridized carbons (Fsp3) is 0.273. The van der Waals surface area contributed by atoms with Gasteiger partial charge in [-0.15, -0.1) is 0 Å². The molecule has 0 N–H and O–H groups in total. The third-order valence-electron chi connectivity index (χ3n) is 4.60. The molecule has 1 heterocycles. The number of benzene rings is 2. The smallest absolute Gasteiger partial charge is 0.266 e. The second-order valence-electron chi connectivity index (χ2n) is 6.63. The number of hydrogen-bond donors (Lipinski definition) is 0. The Balaban J connectivity index is 1.99. The molecule has 1 aliphatic rings. The molecule has 2 aromatic rings. The van der Waals surface area contributed by atoms with E-state index >= 15 is 0 Å². The van der Waals surface area contributed by atoms with Gasteiger partial charge in [-0.3, -0.25) is 9.69 Å². The quantitative estimate of drug-likeness (QED) is 0.651. The summed E-state index contributed by atoms with van der Waals surface area (Å²) in [5, 5.41) is 0.757. The number of nitrogens with zero attached hydrogens (tertiary/aromatic N) is 2. The van der Waals surface area contributed by atoms with Crippen LogP contribution in [0.4, 0.5) is 5.69 Å².